The van der Waals surface area contributed by atoms with Crippen LogP contribution in [0.4, 0.5) is 10.4 Å². The van der Waals surface area contributed by atoms with Gasteiger partial charge in [0.15, 0.2) is 15.7 Å². The molecule has 0 aliphatic carbocycles. The maximum absolute atomic E-state index is 14.5. The first-order valence-corrected chi connectivity index (χ1v) is 12.9. The molecule has 2 fully saturated rings. The van der Waals surface area contributed by atoms with E-state index >= 15 is 0 Å². The number of hydrogen-bond acceptors (Lipinski definition) is 7. The van der Waals surface area contributed by atoms with Crippen molar-refractivity contribution in [2.75, 3.05) is 30.8 Å². The van der Waals surface area contributed by atoms with Gasteiger partial charge in [0.2, 0.25) is 5.91 Å². The lowest BCUT2D eigenvalue weighted by atomic mass is 9.97. The van der Waals surface area contributed by atoms with Crippen LogP contribution in [0.2, 0.25) is 0 Å². The highest BCUT2D eigenvalue weighted by atomic mass is 32.2. The van der Waals surface area contributed by atoms with Crippen LogP contribution in [0, 0.1) is 11.7 Å². The van der Waals surface area contributed by atoms with E-state index in [9.17, 15) is 17.6 Å². The van der Waals surface area contributed by atoms with E-state index in [-0.39, 0.29) is 35.1 Å². The van der Waals surface area contributed by atoms with E-state index in [0.29, 0.717) is 30.4 Å². The van der Waals surface area contributed by atoms with Crippen molar-refractivity contribution in [3.8, 4) is 0 Å². The van der Waals surface area contributed by atoms with Crippen molar-refractivity contribution in [1.82, 2.24) is 15.0 Å². The Morgan fingerprint density at radius 3 is 2.50 bits per heavy atom. The van der Waals surface area contributed by atoms with Crippen LogP contribution in [0.5, 0.6) is 0 Å². The highest BCUT2D eigenvalue weighted by Crippen LogP contribution is 2.30. The smallest absolute Gasteiger partial charge is 0.324 e. The van der Waals surface area contributed by atoms with Gasteiger partial charge in [0.1, 0.15) is 5.82 Å². The van der Waals surface area contributed by atoms with Crippen LogP contribution < -0.4 is 4.90 Å². The van der Waals surface area contributed by atoms with E-state index in [1.807, 2.05) is 18.7 Å². The minimum absolute atomic E-state index is 0.0494. The lowest BCUT2D eigenvalue weighted by Gasteiger charge is -2.36. The molecule has 1 aromatic carbocycles. The number of hydrogen-bond donors (Lipinski definition) is 0. The molecule has 0 spiro atoms. The monoisotopic (exact) mass is 464 g/mol. The summed E-state index contributed by atoms with van der Waals surface area (Å²) >= 11 is 0. The van der Waals surface area contributed by atoms with Gasteiger partial charge in [-0.25, -0.2) is 12.8 Å². The normalized spacial score (nSPS) is 20.5. The van der Waals surface area contributed by atoms with Crippen molar-refractivity contribution >= 4 is 21.8 Å². The molecular weight excluding hydrogens is 435 g/mol. The Kier molecular flexibility index (Phi) is 6.24. The van der Waals surface area contributed by atoms with Gasteiger partial charge in [-0.3, -0.25) is 4.79 Å². The maximum Gasteiger partial charge on any atom is 0.324 e. The third-order valence-electron chi connectivity index (χ3n) is 6.39. The number of anilines is 1. The van der Waals surface area contributed by atoms with Crippen molar-refractivity contribution in [3.63, 3.8) is 0 Å². The number of rotatable bonds is 6. The van der Waals surface area contributed by atoms with Gasteiger partial charge in [0, 0.05) is 43.8 Å². The molecule has 10 heteroatoms. The van der Waals surface area contributed by atoms with E-state index < -0.39 is 15.7 Å². The fraction of sp³-hybridized carbons (Fsp3) is 0.591. The number of likely N-dealkylation sites (tertiary alicyclic amines) is 1. The average molecular weight is 465 g/mol. The molecule has 0 N–H and O–H groups in total. The van der Waals surface area contributed by atoms with E-state index in [4.69, 9.17) is 4.52 Å². The molecule has 0 radical (unpaired) electrons. The first-order valence-electron chi connectivity index (χ1n) is 11.0. The van der Waals surface area contributed by atoms with Gasteiger partial charge in [0.25, 0.3) is 0 Å². The van der Waals surface area contributed by atoms with E-state index in [1.165, 1.54) is 12.1 Å². The molecule has 1 aromatic heterocycles. The SMILES string of the molecule is CC(C)c1noc(N2CCC(N3CC[C@H](Cc4ccc(S(C)(=O)=O)cc4F)C3=O)CC2)n1. The second-order valence-corrected chi connectivity index (χ2v) is 11.1. The second-order valence-electron chi connectivity index (χ2n) is 9.05. The van der Waals surface area contributed by atoms with Crippen molar-refractivity contribution in [3.05, 3.63) is 35.4 Å². The average Bonchev–Trinajstić information content (AvgIpc) is 3.37. The lowest BCUT2D eigenvalue weighted by Crippen LogP contribution is -2.46. The summed E-state index contributed by atoms with van der Waals surface area (Å²) in [6.07, 6.45) is 3.63. The quantitative estimate of drug-likeness (QED) is 0.648. The first kappa shape index (κ1) is 22.7. The highest BCUT2D eigenvalue weighted by molar-refractivity contribution is 7.90. The zero-order chi connectivity index (χ0) is 23.0. The van der Waals surface area contributed by atoms with Crippen LogP contribution in [0.25, 0.3) is 0 Å². The number of halogens is 1. The Bertz CT molecular complexity index is 1090. The molecule has 0 bridgehead atoms. The Hall–Kier alpha value is -2.49. The predicted molar refractivity (Wildman–Crippen MR) is 117 cm³/mol. The lowest BCUT2D eigenvalue weighted by molar-refractivity contribution is -0.133. The minimum atomic E-state index is -3.47. The molecule has 2 aliphatic heterocycles. The topological polar surface area (TPSA) is 96.6 Å². The Labute approximate surface area is 187 Å². The van der Waals surface area contributed by atoms with Crippen LogP contribution in [-0.2, 0) is 21.1 Å². The molecular formula is C22H29FN4O4S. The number of carbonyl (C=O) groups excluding carboxylic acids is 1. The first-order chi connectivity index (χ1) is 15.1. The van der Waals surface area contributed by atoms with Crippen molar-refractivity contribution in [1.29, 1.82) is 0 Å². The second kappa shape index (κ2) is 8.80. The number of piperidine rings is 1. The fourth-order valence-electron chi connectivity index (χ4n) is 4.46. The summed E-state index contributed by atoms with van der Waals surface area (Å²) in [5, 5.41) is 4.02. The molecule has 1 amide bonds. The number of benzene rings is 1. The third kappa shape index (κ3) is 4.65. The molecule has 3 heterocycles. The largest absolute Gasteiger partial charge is 0.339 e. The molecule has 2 aliphatic rings. The summed E-state index contributed by atoms with van der Waals surface area (Å²) < 4.78 is 43.1. The summed E-state index contributed by atoms with van der Waals surface area (Å²) in [5.41, 5.74) is 0.379. The van der Waals surface area contributed by atoms with E-state index in [0.717, 1.165) is 38.3 Å². The van der Waals surface area contributed by atoms with Gasteiger partial charge in [-0.05, 0) is 43.4 Å². The van der Waals surface area contributed by atoms with E-state index in [2.05, 4.69) is 15.0 Å². The molecule has 1 atom stereocenters. The summed E-state index contributed by atoms with van der Waals surface area (Å²) in [5.74, 6) is 0.0898. The highest BCUT2D eigenvalue weighted by Gasteiger charge is 2.38. The van der Waals surface area contributed by atoms with Gasteiger partial charge in [-0.2, -0.15) is 4.98 Å². The van der Waals surface area contributed by atoms with Gasteiger partial charge in [0.05, 0.1) is 4.90 Å². The summed E-state index contributed by atoms with van der Waals surface area (Å²) in [6.45, 7) is 6.17. The zero-order valence-electron chi connectivity index (χ0n) is 18.6. The third-order valence-corrected chi connectivity index (χ3v) is 7.50. The van der Waals surface area contributed by atoms with Crippen molar-refractivity contribution < 1.29 is 22.1 Å². The summed E-state index contributed by atoms with van der Waals surface area (Å²) in [4.78, 5) is 21.4. The minimum Gasteiger partial charge on any atom is -0.339 e. The number of sulfone groups is 1. The van der Waals surface area contributed by atoms with Crippen LogP contribution >= 0.6 is 0 Å². The van der Waals surface area contributed by atoms with Crippen LogP contribution in [0.3, 0.4) is 0 Å². The van der Waals surface area contributed by atoms with Gasteiger partial charge in [-0.1, -0.05) is 25.1 Å². The summed E-state index contributed by atoms with van der Waals surface area (Å²) in [6, 6.07) is 4.61. The summed E-state index contributed by atoms with van der Waals surface area (Å²) in [7, 11) is -3.47. The number of aromatic nitrogens is 2. The van der Waals surface area contributed by atoms with Gasteiger partial charge in [-0.15, -0.1) is 0 Å². The molecule has 2 aromatic rings. The Morgan fingerprint density at radius 2 is 1.91 bits per heavy atom. The molecule has 8 nitrogen and oxygen atoms in total. The maximum atomic E-state index is 14.5. The number of carbonyl (C=O) groups is 1. The molecule has 32 heavy (non-hydrogen) atoms. The van der Waals surface area contributed by atoms with Gasteiger partial charge >= 0.3 is 6.01 Å². The Morgan fingerprint density at radius 1 is 1.19 bits per heavy atom. The number of nitrogens with zero attached hydrogens (tertiary/aromatic N) is 4. The van der Waals surface area contributed by atoms with Gasteiger partial charge < -0.3 is 14.3 Å². The van der Waals surface area contributed by atoms with Crippen LogP contribution in [0.15, 0.2) is 27.6 Å². The standard InChI is InChI=1S/C22H29FN4O4S/c1-14(2)20-24-22(31-25-20)26-9-7-17(8-10-26)27-11-6-16(21(27)28)12-15-4-5-18(13-19(15)23)32(3,29)30/h4-5,13-14,16-17H,6-12H2,1-3H3/t16-/m1/s1. The van der Waals surface area contributed by atoms with Crippen LogP contribution in [0.1, 0.15) is 50.4 Å². The molecule has 0 saturated carbocycles. The molecule has 4 rings (SSSR count). The van der Waals surface area contributed by atoms with E-state index in [1.54, 1.807) is 0 Å². The molecule has 0 unspecified atom stereocenters. The molecule has 2 saturated heterocycles. The number of amides is 1. The zero-order valence-corrected chi connectivity index (χ0v) is 19.4. The van der Waals surface area contributed by atoms with Crippen LogP contribution in [-0.4, -0.2) is 61.3 Å². The predicted octanol–water partition coefficient (Wildman–Crippen LogP) is 2.80. The fourth-order valence-corrected chi connectivity index (χ4v) is 5.10. The molecule has 174 valence electrons. The van der Waals surface area contributed by atoms with Crippen molar-refractivity contribution in [2.45, 2.75) is 56.4 Å². The Balaban J connectivity index is 1.35. The van der Waals surface area contributed by atoms with Crippen molar-refractivity contribution in [2.24, 2.45) is 5.92 Å².